The van der Waals surface area contributed by atoms with Gasteiger partial charge in [-0.2, -0.15) is 0 Å². The molecule has 0 aliphatic rings. The monoisotopic (exact) mass is 281 g/mol. The summed E-state index contributed by atoms with van der Waals surface area (Å²) in [6.07, 6.45) is 1.93. The second-order valence-electron chi connectivity index (χ2n) is 3.69. The van der Waals surface area contributed by atoms with E-state index >= 15 is 0 Å². The molecule has 0 aromatic carbocycles. The van der Waals surface area contributed by atoms with Gasteiger partial charge in [0.1, 0.15) is 0 Å². The highest BCUT2D eigenvalue weighted by Crippen LogP contribution is 2.27. The number of aromatic nitrogens is 1. The fourth-order valence-electron chi connectivity index (χ4n) is 1.51. The van der Waals surface area contributed by atoms with Crippen molar-refractivity contribution in [2.75, 3.05) is 19.8 Å². The summed E-state index contributed by atoms with van der Waals surface area (Å²) in [6, 6.07) is 3.76. The highest BCUT2D eigenvalue weighted by molar-refractivity contribution is 7.13. The van der Waals surface area contributed by atoms with Crippen LogP contribution in [0.2, 0.25) is 0 Å². The highest BCUT2D eigenvalue weighted by atomic mass is 32.1. The van der Waals surface area contributed by atoms with Crippen LogP contribution in [0.3, 0.4) is 0 Å². The number of carbonyl (C=O) groups excluding carboxylic acids is 1. The fraction of sp³-hybridized carbons (Fsp3) is 0.385. The van der Waals surface area contributed by atoms with Gasteiger partial charge in [-0.25, -0.2) is 9.78 Å². The van der Waals surface area contributed by atoms with Crippen LogP contribution in [-0.2, 0) is 9.47 Å². The van der Waals surface area contributed by atoms with Crippen molar-refractivity contribution in [1.82, 2.24) is 4.98 Å². The van der Waals surface area contributed by atoms with Crippen molar-refractivity contribution >= 4 is 17.3 Å². The summed E-state index contributed by atoms with van der Waals surface area (Å²) >= 11 is 1.49. The Labute approximate surface area is 115 Å². The van der Waals surface area contributed by atoms with Crippen LogP contribution < -0.4 is 0 Å². The second kappa shape index (κ2) is 7.06. The molecule has 0 aliphatic heterocycles. The molecule has 0 saturated heterocycles. The first kappa shape index (κ1) is 13.8. The van der Waals surface area contributed by atoms with E-state index in [0.29, 0.717) is 32.0 Å². The molecule has 102 valence electrons. The maximum Gasteiger partial charge on any atom is 0.361 e. The normalized spacial score (nSPS) is 10.6. The molecule has 0 N–H and O–H groups in total. The summed E-state index contributed by atoms with van der Waals surface area (Å²) in [5.74, 6) is -0.00143. The van der Waals surface area contributed by atoms with Crippen molar-refractivity contribution in [3.8, 4) is 10.6 Å². The van der Waals surface area contributed by atoms with E-state index in [0.717, 1.165) is 4.88 Å². The maximum absolute atomic E-state index is 11.9. The van der Waals surface area contributed by atoms with E-state index in [4.69, 9.17) is 13.9 Å². The lowest BCUT2D eigenvalue weighted by Crippen LogP contribution is -2.09. The molecule has 2 heterocycles. The average molecular weight is 281 g/mol. The van der Waals surface area contributed by atoms with Crippen LogP contribution in [0, 0.1) is 0 Å². The first-order chi connectivity index (χ1) is 9.33. The van der Waals surface area contributed by atoms with E-state index < -0.39 is 5.97 Å². The number of thiophene rings is 1. The Hall–Kier alpha value is -1.66. The van der Waals surface area contributed by atoms with Crippen molar-refractivity contribution in [3.63, 3.8) is 0 Å². The molecule has 0 fully saturated rings. The van der Waals surface area contributed by atoms with Crippen LogP contribution in [0.4, 0.5) is 0 Å². The summed E-state index contributed by atoms with van der Waals surface area (Å²) in [7, 11) is 0. The van der Waals surface area contributed by atoms with Gasteiger partial charge in [0.25, 0.3) is 0 Å². The molecule has 19 heavy (non-hydrogen) atoms. The van der Waals surface area contributed by atoms with Crippen molar-refractivity contribution in [2.45, 2.75) is 13.3 Å². The number of ether oxygens (including phenoxy) is 2. The first-order valence-electron chi connectivity index (χ1n) is 6.05. The number of oxazole rings is 1. The van der Waals surface area contributed by atoms with E-state index in [1.165, 1.54) is 17.7 Å². The van der Waals surface area contributed by atoms with Gasteiger partial charge in [0.05, 0.1) is 11.5 Å². The predicted octanol–water partition coefficient (Wildman–Crippen LogP) is 2.99. The van der Waals surface area contributed by atoms with E-state index in [-0.39, 0.29) is 5.69 Å². The van der Waals surface area contributed by atoms with Gasteiger partial charge >= 0.3 is 5.97 Å². The summed E-state index contributed by atoms with van der Waals surface area (Å²) in [5.41, 5.74) is 0.221. The smallest absolute Gasteiger partial charge is 0.361 e. The molecular weight excluding hydrogens is 266 g/mol. The van der Waals surface area contributed by atoms with Crippen molar-refractivity contribution in [2.24, 2.45) is 0 Å². The molecule has 0 aliphatic carbocycles. The minimum atomic E-state index is -0.464. The Bertz CT molecular complexity index is 506. The zero-order chi connectivity index (χ0) is 13.5. The van der Waals surface area contributed by atoms with Crippen molar-refractivity contribution in [1.29, 1.82) is 0 Å². The second-order valence-corrected chi connectivity index (χ2v) is 4.64. The quantitative estimate of drug-likeness (QED) is 0.576. The van der Waals surface area contributed by atoms with E-state index in [9.17, 15) is 4.79 Å². The van der Waals surface area contributed by atoms with E-state index in [1.807, 2.05) is 24.4 Å². The predicted molar refractivity (Wildman–Crippen MR) is 71.2 cm³/mol. The number of hydrogen-bond acceptors (Lipinski definition) is 6. The number of hydrogen-bond donors (Lipinski definition) is 0. The van der Waals surface area contributed by atoms with Crippen molar-refractivity contribution in [3.05, 3.63) is 29.6 Å². The molecule has 0 saturated carbocycles. The number of esters is 1. The molecule has 0 bridgehead atoms. The summed E-state index contributed by atoms with van der Waals surface area (Å²) < 4.78 is 15.5. The van der Waals surface area contributed by atoms with Gasteiger partial charge in [-0.15, -0.1) is 11.3 Å². The third kappa shape index (κ3) is 3.65. The molecule has 6 heteroatoms. The number of rotatable bonds is 7. The fourth-order valence-corrected chi connectivity index (χ4v) is 2.23. The first-order valence-corrected chi connectivity index (χ1v) is 6.93. The highest BCUT2D eigenvalue weighted by Gasteiger charge is 2.20. The molecule has 2 aromatic heterocycles. The molecule has 0 atom stereocenters. The van der Waals surface area contributed by atoms with Crippen LogP contribution >= 0.6 is 11.3 Å². The van der Waals surface area contributed by atoms with Crippen LogP contribution in [-0.4, -0.2) is 30.8 Å². The number of carbonyl (C=O) groups is 1. The summed E-state index contributed by atoms with van der Waals surface area (Å²) in [5, 5.41) is 1.91. The Balaban J connectivity index is 1.91. The minimum Gasteiger partial charge on any atom is -0.461 e. The lowest BCUT2D eigenvalue weighted by atomic mass is 10.3. The van der Waals surface area contributed by atoms with Gasteiger partial charge in [0.2, 0.25) is 0 Å². The summed E-state index contributed by atoms with van der Waals surface area (Å²) in [6.45, 7) is 3.49. The lowest BCUT2D eigenvalue weighted by molar-refractivity contribution is 0.0447. The van der Waals surface area contributed by atoms with Crippen LogP contribution in [0.5, 0.6) is 0 Å². The molecule has 0 unspecified atom stereocenters. The Kier molecular flexibility index (Phi) is 5.11. The molecule has 2 rings (SSSR count). The SMILES string of the molecule is CCOCCCOC(=O)c1ncoc1-c1cccs1. The van der Waals surface area contributed by atoms with Gasteiger partial charge in [0, 0.05) is 19.6 Å². The Morgan fingerprint density at radius 1 is 1.47 bits per heavy atom. The van der Waals surface area contributed by atoms with Crippen molar-refractivity contribution < 1.29 is 18.7 Å². The molecule has 2 aromatic rings. The third-order valence-electron chi connectivity index (χ3n) is 2.38. The van der Waals surface area contributed by atoms with Gasteiger partial charge in [-0.1, -0.05) is 6.07 Å². The van der Waals surface area contributed by atoms with Gasteiger partial charge < -0.3 is 13.9 Å². The third-order valence-corrected chi connectivity index (χ3v) is 3.24. The standard InChI is InChI=1S/C13H15NO4S/c1-2-16-6-4-7-17-13(15)11-12(18-9-14-11)10-5-3-8-19-10/h3,5,8-9H,2,4,6-7H2,1H3. The van der Waals surface area contributed by atoms with E-state index in [1.54, 1.807) is 0 Å². The zero-order valence-corrected chi connectivity index (χ0v) is 11.4. The number of nitrogens with zero attached hydrogens (tertiary/aromatic N) is 1. The topological polar surface area (TPSA) is 61.6 Å². The van der Waals surface area contributed by atoms with Crippen LogP contribution in [0.25, 0.3) is 10.6 Å². The Morgan fingerprint density at radius 2 is 2.37 bits per heavy atom. The molecule has 0 radical (unpaired) electrons. The summed E-state index contributed by atoms with van der Waals surface area (Å²) in [4.78, 5) is 16.7. The van der Waals surface area contributed by atoms with Crippen LogP contribution in [0.15, 0.2) is 28.3 Å². The molecule has 5 nitrogen and oxygen atoms in total. The molecular formula is C13H15NO4S. The van der Waals surface area contributed by atoms with Gasteiger partial charge in [0.15, 0.2) is 17.8 Å². The van der Waals surface area contributed by atoms with Gasteiger partial charge in [-0.05, 0) is 18.4 Å². The zero-order valence-electron chi connectivity index (χ0n) is 10.6. The lowest BCUT2D eigenvalue weighted by Gasteiger charge is -2.03. The largest absolute Gasteiger partial charge is 0.461 e. The van der Waals surface area contributed by atoms with Gasteiger partial charge in [-0.3, -0.25) is 0 Å². The maximum atomic E-state index is 11.9. The minimum absolute atomic E-state index is 0.221. The Morgan fingerprint density at radius 3 is 3.11 bits per heavy atom. The average Bonchev–Trinajstić information content (AvgIpc) is 3.08. The molecule has 0 spiro atoms. The van der Waals surface area contributed by atoms with E-state index in [2.05, 4.69) is 4.98 Å². The molecule has 0 amide bonds. The van der Waals surface area contributed by atoms with Crippen LogP contribution in [0.1, 0.15) is 23.8 Å².